The fourth-order valence-corrected chi connectivity index (χ4v) is 4.15. The summed E-state index contributed by atoms with van der Waals surface area (Å²) in [6.45, 7) is 2.95. The Morgan fingerprint density at radius 1 is 1.12 bits per heavy atom. The predicted molar refractivity (Wildman–Crippen MR) is 100 cm³/mol. The Labute approximate surface area is 154 Å². The maximum absolute atomic E-state index is 14.0. The summed E-state index contributed by atoms with van der Waals surface area (Å²) in [5, 5.41) is 6.19. The highest BCUT2D eigenvalue weighted by molar-refractivity contribution is 7.91. The number of halogens is 2. The third-order valence-electron chi connectivity index (χ3n) is 4.32. The zero-order valence-corrected chi connectivity index (χ0v) is 15.5. The van der Waals surface area contributed by atoms with Gasteiger partial charge in [-0.1, -0.05) is 24.3 Å². The van der Waals surface area contributed by atoms with Crippen LogP contribution in [0.1, 0.15) is 12.0 Å². The summed E-state index contributed by atoms with van der Waals surface area (Å²) in [5.74, 6) is 0. The van der Waals surface area contributed by atoms with Crippen molar-refractivity contribution in [2.75, 3.05) is 18.4 Å². The van der Waals surface area contributed by atoms with Gasteiger partial charge in [-0.05, 0) is 49.7 Å². The highest BCUT2D eigenvalue weighted by Gasteiger charge is 2.25. The van der Waals surface area contributed by atoms with Crippen molar-refractivity contribution in [1.82, 2.24) is 5.32 Å². The van der Waals surface area contributed by atoms with Gasteiger partial charge in [-0.15, -0.1) is 12.4 Å². The molecule has 136 valence electrons. The Bertz CT molecular complexity index is 815. The van der Waals surface area contributed by atoms with Crippen LogP contribution in [0.2, 0.25) is 0 Å². The monoisotopic (exact) mass is 384 g/mol. The fourth-order valence-electron chi connectivity index (χ4n) is 2.84. The third kappa shape index (κ3) is 4.32. The van der Waals surface area contributed by atoms with E-state index in [-0.39, 0.29) is 28.2 Å². The van der Waals surface area contributed by atoms with Crippen LogP contribution < -0.4 is 10.6 Å². The van der Waals surface area contributed by atoms with E-state index in [1.807, 2.05) is 6.92 Å². The average molecular weight is 385 g/mol. The molecule has 7 heteroatoms. The topological polar surface area (TPSA) is 58.2 Å². The lowest BCUT2D eigenvalue weighted by Gasteiger charge is -2.29. The Hall–Kier alpha value is -1.63. The average Bonchev–Trinajstić information content (AvgIpc) is 2.59. The SMILES string of the molecule is Cc1ccc(S(=O)(=O)c2ccccc2)cc1NC1CCNCC1F.Cl. The van der Waals surface area contributed by atoms with Crippen molar-refractivity contribution in [1.29, 1.82) is 0 Å². The number of hydrogen-bond acceptors (Lipinski definition) is 4. The highest BCUT2D eigenvalue weighted by Crippen LogP contribution is 2.27. The first-order valence-electron chi connectivity index (χ1n) is 8.00. The zero-order chi connectivity index (χ0) is 17.2. The highest BCUT2D eigenvalue weighted by atomic mass is 35.5. The van der Waals surface area contributed by atoms with E-state index in [1.165, 1.54) is 0 Å². The Morgan fingerprint density at radius 3 is 2.52 bits per heavy atom. The molecule has 0 radical (unpaired) electrons. The number of benzene rings is 2. The van der Waals surface area contributed by atoms with E-state index in [1.54, 1.807) is 48.5 Å². The van der Waals surface area contributed by atoms with Gasteiger partial charge in [0.1, 0.15) is 6.17 Å². The molecule has 2 N–H and O–H groups in total. The van der Waals surface area contributed by atoms with Crippen molar-refractivity contribution in [3.63, 3.8) is 0 Å². The number of anilines is 1. The molecule has 1 saturated heterocycles. The van der Waals surface area contributed by atoms with Gasteiger partial charge in [0.2, 0.25) is 9.84 Å². The van der Waals surface area contributed by atoms with Crippen LogP contribution in [-0.4, -0.2) is 33.7 Å². The molecule has 25 heavy (non-hydrogen) atoms. The van der Waals surface area contributed by atoms with Gasteiger partial charge in [0.25, 0.3) is 0 Å². The normalized spacial score (nSPS) is 20.6. The van der Waals surface area contributed by atoms with E-state index in [0.717, 1.165) is 12.1 Å². The minimum atomic E-state index is -3.58. The molecule has 2 unspecified atom stereocenters. The lowest BCUT2D eigenvalue weighted by Crippen LogP contribution is -2.45. The second kappa shape index (κ2) is 8.17. The maximum atomic E-state index is 14.0. The van der Waals surface area contributed by atoms with E-state index in [4.69, 9.17) is 0 Å². The van der Waals surface area contributed by atoms with Gasteiger partial charge in [-0.3, -0.25) is 0 Å². The molecule has 2 aromatic rings. The van der Waals surface area contributed by atoms with E-state index in [0.29, 0.717) is 18.7 Å². The van der Waals surface area contributed by atoms with Crippen LogP contribution in [0.4, 0.5) is 10.1 Å². The molecule has 2 atom stereocenters. The van der Waals surface area contributed by atoms with Crippen LogP contribution >= 0.6 is 12.4 Å². The van der Waals surface area contributed by atoms with E-state index in [2.05, 4.69) is 10.6 Å². The lowest BCUT2D eigenvalue weighted by molar-refractivity contribution is 0.245. The van der Waals surface area contributed by atoms with Gasteiger partial charge in [-0.2, -0.15) is 0 Å². The molecule has 0 amide bonds. The number of nitrogens with one attached hydrogen (secondary N) is 2. The first kappa shape index (κ1) is 19.7. The molecular formula is C18H22ClFN2O2S. The van der Waals surface area contributed by atoms with Crippen LogP contribution in [0.5, 0.6) is 0 Å². The molecule has 1 aliphatic rings. The zero-order valence-electron chi connectivity index (χ0n) is 13.9. The number of rotatable bonds is 4. The molecule has 1 fully saturated rings. The minimum Gasteiger partial charge on any atom is -0.379 e. The number of alkyl halides is 1. The van der Waals surface area contributed by atoms with E-state index >= 15 is 0 Å². The van der Waals surface area contributed by atoms with Crippen LogP contribution in [0, 0.1) is 6.92 Å². The fraction of sp³-hybridized carbons (Fsp3) is 0.333. The number of hydrogen-bond donors (Lipinski definition) is 2. The molecule has 1 heterocycles. The van der Waals surface area contributed by atoms with Crippen molar-refractivity contribution in [2.45, 2.75) is 35.3 Å². The minimum absolute atomic E-state index is 0. The van der Waals surface area contributed by atoms with Gasteiger partial charge in [0.15, 0.2) is 0 Å². The van der Waals surface area contributed by atoms with Crippen LogP contribution in [0.25, 0.3) is 0 Å². The standard InChI is InChI=1S/C18H21FN2O2S.ClH/c1-13-7-8-15(24(22,23)14-5-3-2-4-6-14)11-18(13)21-17-9-10-20-12-16(17)19;/h2-8,11,16-17,20-21H,9-10,12H2,1H3;1H. The summed E-state index contributed by atoms with van der Waals surface area (Å²) >= 11 is 0. The molecule has 0 bridgehead atoms. The molecule has 4 nitrogen and oxygen atoms in total. The third-order valence-corrected chi connectivity index (χ3v) is 6.09. The van der Waals surface area contributed by atoms with Crippen LogP contribution in [-0.2, 0) is 9.84 Å². The summed E-state index contributed by atoms with van der Waals surface area (Å²) in [6, 6.07) is 13.0. The Balaban J connectivity index is 0.00000225. The van der Waals surface area contributed by atoms with Gasteiger partial charge < -0.3 is 10.6 Å². The van der Waals surface area contributed by atoms with Crippen molar-refractivity contribution in [3.05, 3.63) is 54.1 Å². The summed E-state index contributed by atoms with van der Waals surface area (Å²) in [5.41, 5.74) is 1.56. The van der Waals surface area contributed by atoms with Gasteiger partial charge in [-0.25, -0.2) is 12.8 Å². The van der Waals surface area contributed by atoms with Gasteiger partial charge >= 0.3 is 0 Å². The molecular weight excluding hydrogens is 363 g/mol. The summed E-state index contributed by atoms with van der Waals surface area (Å²) in [7, 11) is -3.58. The van der Waals surface area contributed by atoms with Crippen molar-refractivity contribution >= 4 is 27.9 Å². The predicted octanol–water partition coefficient (Wildman–Crippen LogP) is 3.36. The maximum Gasteiger partial charge on any atom is 0.206 e. The molecule has 2 aromatic carbocycles. The molecule has 0 aliphatic carbocycles. The first-order valence-corrected chi connectivity index (χ1v) is 9.49. The molecule has 1 aliphatic heterocycles. The largest absolute Gasteiger partial charge is 0.379 e. The van der Waals surface area contributed by atoms with E-state index < -0.39 is 16.0 Å². The smallest absolute Gasteiger partial charge is 0.206 e. The number of sulfone groups is 1. The number of piperidine rings is 1. The van der Waals surface area contributed by atoms with Gasteiger partial charge in [0.05, 0.1) is 15.8 Å². The van der Waals surface area contributed by atoms with Crippen molar-refractivity contribution in [2.24, 2.45) is 0 Å². The summed E-state index contributed by atoms with van der Waals surface area (Å²) in [4.78, 5) is 0.469. The second-order valence-corrected chi connectivity index (χ2v) is 8.00. The first-order chi connectivity index (χ1) is 11.5. The molecule has 0 saturated carbocycles. The molecule has 0 spiro atoms. The second-order valence-electron chi connectivity index (χ2n) is 6.05. The van der Waals surface area contributed by atoms with Gasteiger partial charge in [0, 0.05) is 12.2 Å². The van der Waals surface area contributed by atoms with Crippen LogP contribution in [0.15, 0.2) is 58.3 Å². The Morgan fingerprint density at radius 2 is 1.84 bits per heavy atom. The van der Waals surface area contributed by atoms with E-state index in [9.17, 15) is 12.8 Å². The molecule has 3 rings (SSSR count). The summed E-state index contributed by atoms with van der Waals surface area (Å²) in [6.07, 6.45) is -0.330. The van der Waals surface area contributed by atoms with Crippen molar-refractivity contribution in [3.8, 4) is 0 Å². The number of aryl methyl sites for hydroxylation is 1. The quantitative estimate of drug-likeness (QED) is 0.848. The Kier molecular flexibility index (Phi) is 6.43. The van der Waals surface area contributed by atoms with Crippen molar-refractivity contribution < 1.29 is 12.8 Å². The molecule has 0 aromatic heterocycles. The summed E-state index contributed by atoms with van der Waals surface area (Å²) < 4.78 is 39.5. The van der Waals surface area contributed by atoms with Crippen LogP contribution in [0.3, 0.4) is 0 Å². The lowest BCUT2D eigenvalue weighted by atomic mass is 10.0.